The number of morpholine rings is 1. The van der Waals surface area contributed by atoms with Crippen molar-refractivity contribution in [2.75, 3.05) is 40.0 Å². The van der Waals surface area contributed by atoms with Crippen molar-refractivity contribution in [2.45, 2.75) is 12.8 Å². The van der Waals surface area contributed by atoms with Gasteiger partial charge in [0.05, 0.1) is 24.8 Å². The van der Waals surface area contributed by atoms with Crippen LogP contribution in [0.3, 0.4) is 0 Å². The van der Waals surface area contributed by atoms with Crippen LogP contribution in [0.15, 0.2) is 16.6 Å². The van der Waals surface area contributed by atoms with Crippen molar-refractivity contribution in [1.29, 1.82) is 0 Å². The fraction of sp³-hybridized carbons (Fsp3) is 0.571. The van der Waals surface area contributed by atoms with Gasteiger partial charge >= 0.3 is 0 Å². The number of methoxy groups -OCH3 is 1. The summed E-state index contributed by atoms with van der Waals surface area (Å²) >= 11 is 3.35. The summed E-state index contributed by atoms with van der Waals surface area (Å²) in [6.45, 7) is 4.71. The molecule has 106 valence electrons. The highest BCUT2D eigenvalue weighted by molar-refractivity contribution is 9.10. The number of rotatable bonds is 5. The van der Waals surface area contributed by atoms with E-state index in [0.29, 0.717) is 10.2 Å². The van der Waals surface area contributed by atoms with Gasteiger partial charge in [-0.05, 0) is 53.0 Å². The van der Waals surface area contributed by atoms with Crippen LogP contribution in [0.25, 0.3) is 0 Å². The van der Waals surface area contributed by atoms with Crippen molar-refractivity contribution in [1.82, 2.24) is 4.90 Å². The molecule has 1 aromatic carbocycles. The van der Waals surface area contributed by atoms with E-state index in [4.69, 9.17) is 9.47 Å². The lowest BCUT2D eigenvalue weighted by Gasteiger charge is -2.26. The summed E-state index contributed by atoms with van der Waals surface area (Å²) in [6.07, 6.45) is 1.87. The minimum atomic E-state index is 0.322. The molecule has 0 saturated carbocycles. The van der Waals surface area contributed by atoms with Crippen LogP contribution in [0.1, 0.15) is 12.0 Å². The van der Waals surface area contributed by atoms with Crippen molar-refractivity contribution in [3.8, 4) is 11.5 Å². The standard InChI is InChI=1S/C14H20BrNO3/c1-18-12-9-11(14(17)13(15)10-12)3-2-4-16-5-7-19-8-6-16/h9-10,17H,2-8H2,1H3. The van der Waals surface area contributed by atoms with Crippen LogP contribution < -0.4 is 4.74 Å². The highest BCUT2D eigenvalue weighted by Gasteiger charge is 2.12. The second-order valence-corrected chi connectivity index (χ2v) is 5.53. The third-order valence-electron chi connectivity index (χ3n) is 3.38. The Labute approximate surface area is 122 Å². The monoisotopic (exact) mass is 329 g/mol. The SMILES string of the molecule is COc1cc(Br)c(O)c(CCCN2CCOCC2)c1. The van der Waals surface area contributed by atoms with Crippen LogP contribution in [0, 0.1) is 0 Å². The molecular weight excluding hydrogens is 310 g/mol. The van der Waals surface area contributed by atoms with Crippen molar-refractivity contribution >= 4 is 15.9 Å². The zero-order valence-electron chi connectivity index (χ0n) is 11.2. The molecule has 1 aliphatic heterocycles. The Balaban J connectivity index is 1.89. The van der Waals surface area contributed by atoms with Crippen molar-refractivity contribution < 1.29 is 14.6 Å². The van der Waals surface area contributed by atoms with E-state index in [1.807, 2.05) is 6.07 Å². The summed E-state index contributed by atoms with van der Waals surface area (Å²) in [5.41, 5.74) is 0.930. The first-order valence-electron chi connectivity index (χ1n) is 6.56. The molecule has 1 heterocycles. The first-order valence-corrected chi connectivity index (χ1v) is 7.35. The van der Waals surface area contributed by atoms with E-state index in [0.717, 1.165) is 57.0 Å². The van der Waals surface area contributed by atoms with Gasteiger partial charge in [0.15, 0.2) is 0 Å². The quantitative estimate of drug-likeness (QED) is 0.900. The predicted octanol–water partition coefficient (Wildman–Crippen LogP) is 2.43. The number of nitrogens with zero attached hydrogens (tertiary/aromatic N) is 1. The Hall–Kier alpha value is -0.780. The number of aryl methyl sites for hydroxylation is 1. The normalized spacial score (nSPS) is 16.5. The Morgan fingerprint density at radius 1 is 1.37 bits per heavy atom. The molecule has 0 aliphatic carbocycles. The van der Waals surface area contributed by atoms with Gasteiger partial charge in [-0.1, -0.05) is 0 Å². The zero-order chi connectivity index (χ0) is 13.7. The molecule has 0 atom stereocenters. The average molecular weight is 330 g/mol. The number of benzene rings is 1. The van der Waals surface area contributed by atoms with Gasteiger partial charge in [0.25, 0.3) is 0 Å². The molecule has 1 fully saturated rings. The topological polar surface area (TPSA) is 41.9 Å². The molecule has 0 bridgehead atoms. The highest BCUT2D eigenvalue weighted by atomic mass is 79.9. The molecule has 19 heavy (non-hydrogen) atoms. The molecule has 4 nitrogen and oxygen atoms in total. The first-order chi connectivity index (χ1) is 9.20. The van der Waals surface area contributed by atoms with Crippen molar-refractivity contribution in [3.63, 3.8) is 0 Å². The molecule has 2 rings (SSSR count). The number of hydrogen-bond donors (Lipinski definition) is 1. The maximum Gasteiger partial charge on any atom is 0.133 e. The second kappa shape index (κ2) is 7.12. The maximum atomic E-state index is 10.0. The van der Waals surface area contributed by atoms with Gasteiger partial charge in [-0.15, -0.1) is 0 Å². The van der Waals surface area contributed by atoms with E-state index < -0.39 is 0 Å². The number of ether oxygens (including phenoxy) is 2. The Morgan fingerprint density at radius 2 is 2.11 bits per heavy atom. The third kappa shape index (κ3) is 4.09. The number of halogens is 1. The van der Waals surface area contributed by atoms with Crippen LogP contribution in [0.2, 0.25) is 0 Å². The van der Waals surface area contributed by atoms with E-state index in [1.54, 1.807) is 13.2 Å². The zero-order valence-corrected chi connectivity index (χ0v) is 12.8. The number of hydrogen-bond acceptors (Lipinski definition) is 4. The molecule has 1 saturated heterocycles. The fourth-order valence-electron chi connectivity index (χ4n) is 2.25. The number of phenolic OH excluding ortho intramolecular Hbond substituents is 1. The minimum Gasteiger partial charge on any atom is -0.506 e. The molecule has 0 radical (unpaired) electrons. The number of phenols is 1. The lowest BCUT2D eigenvalue weighted by Crippen LogP contribution is -2.36. The Bertz CT molecular complexity index is 419. The molecule has 1 aliphatic rings. The Kier molecular flexibility index (Phi) is 5.48. The summed E-state index contributed by atoms with van der Waals surface area (Å²) in [4.78, 5) is 2.40. The van der Waals surface area contributed by atoms with Gasteiger partial charge in [-0.2, -0.15) is 0 Å². The molecule has 0 aromatic heterocycles. The van der Waals surface area contributed by atoms with Crippen LogP contribution in [0.4, 0.5) is 0 Å². The predicted molar refractivity (Wildman–Crippen MR) is 77.9 cm³/mol. The molecule has 0 spiro atoms. The Morgan fingerprint density at radius 3 is 2.79 bits per heavy atom. The minimum absolute atomic E-state index is 0.322. The summed E-state index contributed by atoms with van der Waals surface area (Å²) in [7, 11) is 1.64. The number of aromatic hydroxyl groups is 1. The summed E-state index contributed by atoms with van der Waals surface area (Å²) < 4.78 is 11.2. The summed E-state index contributed by atoms with van der Waals surface area (Å²) in [5.74, 6) is 1.09. The molecule has 1 aromatic rings. The molecule has 5 heteroatoms. The molecule has 0 amide bonds. The van der Waals surface area contributed by atoms with Crippen LogP contribution in [0.5, 0.6) is 11.5 Å². The molecule has 0 unspecified atom stereocenters. The smallest absolute Gasteiger partial charge is 0.133 e. The maximum absolute atomic E-state index is 10.0. The van der Waals surface area contributed by atoms with E-state index in [-0.39, 0.29) is 0 Å². The van der Waals surface area contributed by atoms with Crippen LogP contribution >= 0.6 is 15.9 Å². The molecular formula is C14H20BrNO3. The lowest BCUT2D eigenvalue weighted by molar-refractivity contribution is 0.0374. The lowest BCUT2D eigenvalue weighted by atomic mass is 10.1. The largest absolute Gasteiger partial charge is 0.506 e. The van der Waals surface area contributed by atoms with E-state index in [1.165, 1.54) is 0 Å². The first kappa shape index (κ1) is 14.6. The van der Waals surface area contributed by atoms with E-state index in [9.17, 15) is 5.11 Å². The molecule has 1 N–H and O–H groups in total. The van der Waals surface area contributed by atoms with Crippen molar-refractivity contribution in [3.05, 3.63) is 22.2 Å². The average Bonchev–Trinajstić information content (AvgIpc) is 2.44. The van der Waals surface area contributed by atoms with Gasteiger partial charge in [0, 0.05) is 13.1 Å². The van der Waals surface area contributed by atoms with Crippen LogP contribution in [-0.2, 0) is 11.2 Å². The summed E-state index contributed by atoms with van der Waals surface area (Å²) in [5, 5.41) is 10.0. The van der Waals surface area contributed by atoms with Gasteiger partial charge in [0.2, 0.25) is 0 Å². The fourth-order valence-corrected chi connectivity index (χ4v) is 2.73. The summed E-state index contributed by atoms with van der Waals surface area (Å²) in [6, 6.07) is 3.68. The van der Waals surface area contributed by atoms with Gasteiger partial charge in [-0.3, -0.25) is 4.90 Å². The van der Waals surface area contributed by atoms with E-state index in [2.05, 4.69) is 20.8 Å². The van der Waals surface area contributed by atoms with E-state index >= 15 is 0 Å². The highest BCUT2D eigenvalue weighted by Crippen LogP contribution is 2.33. The van der Waals surface area contributed by atoms with Gasteiger partial charge in [-0.25, -0.2) is 0 Å². The third-order valence-corrected chi connectivity index (χ3v) is 3.98. The van der Waals surface area contributed by atoms with Crippen LogP contribution in [-0.4, -0.2) is 50.0 Å². The van der Waals surface area contributed by atoms with Gasteiger partial charge in [0.1, 0.15) is 11.5 Å². The second-order valence-electron chi connectivity index (χ2n) is 4.67. The van der Waals surface area contributed by atoms with Crippen molar-refractivity contribution in [2.24, 2.45) is 0 Å². The van der Waals surface area contributed by atoms with Gasteiger partial charge < -0.3 is 14.6 Å².